The monoisotopic (exact) mass is 355 g/mol. The van der Waals surface area contributed by atoms with Gasteiger partial charge in [-0.25, -0.2) is 0 Å². The van der Waals surface area contributed by atoms with E-state index in [1.165, 1.54) is 12.8 Å². The second-order valence-corrected chi connectivity index (χ2v) is 6.98. The van der Waals surface area contributed by atoms with Crippen molar-refractivity contribution in [2.24, 2.45) is 0 Å². The van der Waals surface area contributed by atoms with Crippen LogP contribution in [0.25, 0.3) is 11.4 Å². The zero-order valence-electron chi connectivity index (χ0n) is 15.1. The lowest BCUT2D eigenvalue weighted by Crippen LogP contribution is -2.45. The molecule has 26 heavy (non-hydrogen) atoms. The fourth-order valence-electron chi connectivity index (χ4n) is 3.54. The zero-order valence-corrected chi connectivity index (χ0v) is 15.1. The number of morpholine rings is 1. The van der Waals surface area contributed by atoms with E-state index in [0.29, 0.717) is 13.2 Å². The van der Waals surface area contributed by atoms with Gasteiger partial charge in [0.15, 0.2) is 5.82 Å². The molecule has 1 unspecified atom stereocenters. The van der Waals surface area contributed by atoms with Gasteiger partial charge in [-0.3, -0.25) is 4.79 Å². The van der Waals surface area contributed by atoms with E-state index in [1.54, 1.807) is 0 Å². The number of anilines is 1. The number of carbonyl (C=O) groups excluding carboxylic acids is 1. The molecular weight excluding hydrogens is 330 g/mol. The number of hydrogen-bond donors (Lipinski definition) is 2. The van der Waals surface area contributed by atoms with Gasteiger partial charge in [0.05, 0.1) is 6.61 Å². The Balaban J connectivity index is 1.58. The van der Waals surface area contributed by atoms with Crippen LogP contribution in [0, 0.1) is 6.92 Å². The summed E-state index contributed by atoms with van der Waals surface area (Å²) in [5, 5.41) is 15.0. The third kappa shape index (κ3) is 3.50. The van der Waals surface area contributed by atoms with Crippen molar-refractivity contribution in [1.82, 2.24) is 20.1 Å². The molecule has 2 aliphatic heterocycles. The van der Waals surface area contributed by atoms with Gasteiger partial charge in [0, 0.05) is 37.3 Å². The minimum Gasteiger partial charge on any atom is -0.366 e. The zero-order chi connectivity index (χ0) is 17.9. The van der Waals surface area contributed by atoms with Crippen molar-refractivity contribution in [2.45, 2.75) is 45.3 Å². The Hall–Kier alpha value is -2.25. The quantitative estimate of drug-likeness (QED) is 0.879. The first kappa shape index (κ1) is 17.2. The highest BCUT2D eigenvalue weighted by molar-refractivity contribution is 5.95. The molecule has 0 radical (unpaired) electrons. The lowest BCUT2D eigenvalue weighted by atomic mass is 10.1. The topological polar surface area (TPSA) is 81.1 Å². The first-order chi connectivity index (χ1) is 12.7. The Bertz CT molecular complexity index is 795. The van der Waals surface area contributed by atoms with Crippen molar-refractivity contribution in [2.75, 3.05) is 25.0 Å². The third-order valence-corrected chi connectivity index (χ3v) is 5.08. The summed E-state index contributed by atoms with van der Waals surface area (Å²) in [5.74, 6) is 1.83. The Morgan fingerprint density at radius 2 is 2.23 bits per heavy atom. The first-order valence-electron chi connectivity index (χ1n) is 9.38. The van der Waals surface area contributed by atoms with Gasteiger partial charge in [-0.2, -0.15) is 0 Å². The van der Waals surface area contributed by atoms with Gasteiger partial charge in [-0.05, 0) is 31.4 Å². The second kappa shape index (κ2) is 7.55. The molecular formula is C19H25N5O2. The molecule has 7 heteroatoms. The fraction of sp³-hybridized carbons (Fsp3) is 0.526. The molecule has 1 atom stereocenters. The first-order valence-corrected chi connectivity index (χ1v) is 9.38. The van der Waals surface area contributed by atoms with Gasteiger partial charge in [0.1, 0.15) is 11.9 Å². The van der Waals surface area contributed by atoms with Crippen LogP contribution >= 0.6 is 0 Å². The number of amides is 1. The van der Waals surface area contributed by atoms with E-state index in [9.17, 15) is 4.79 Å². The van der Waals surface area contributed by atoms with Crippen LogP contribution in [0.4, 0.5) is 5.69 Å². The highest BCUT2D eigenvalue weighted by Crippen LogP contribution is 2.27. The Morgan fingerprint density at radius 3 is 3.08 bits per heavy atom. The molecule has 2 aromatic rings. The van der Waals surface area contributed by atoms with Gasteiger partial charge in [-0.15, -0.1) is 10.2 Å². The highest BCUT2D eigenvalue weighted by atomic mass is 16.5. The molecule has 7 nitrogen and oxygen atoms in total. The van der Waals surface area contributed by atoms with Crippen molar-refractivity contribution in [3.63, 3.8) is 0 Å². The third-order valence-electron chi connectivity index (χ3n) is 5.08. The van der Waals surface area contributed by atoms with Crippen LogP contribution in [0.1, 0.15) is 30.7 Å². The van der Waals surface area contributed by atoms with Crippen LogP contribution < -0.4 is 10.6 Å². The van der Waals surface area contributed by atoms with Crippen LogP contribution in [-0.4, -0.2) is 46.5 Å². The maximum absolute atomic E-state index is 12.5. The summed E-state index contributed by atoms with van der Waals surface area (Å²) in [5.41, 5.74) is 2.79. The lowest BCUT2D eigenvalue weighted by Gasteiger charge is -2.23. The van der Waals surface area contributed by atoms with Crippen molar-refractivity contribution < 1.29 is 9.53 Å². The van der Waals surface area contributed by atoms with Crippen molar-refractivity contribution in [1.29, 1.82) is 0 Å². The van der Waals surface area contributed by atoms with Crippen LogP contribution in [0.3, 0.4) is 0 Å². The molecule has 1 saturated heterocycles. The summed E-state index contributed by atoms with van der Waals surface area (Å²) in [6.07, 6.45) is 4.08. The number of aryl methyl sites for hydroxylation is 2. The molecule has 1 aromatic carbocycles. The van der Waals surface area contributed by atoms with Crippen molar-refractivity contribution in [3.05, 3.63) is 29.6 Å². The Kier molecular flexibility index (Phi) is 4.99. The maximum Gasteiger partial charge on any atom is 0.254 e. The van der Waals surface area contributed by atoms with E-state index >= 15 is 0 Å². The number of nitrogens with one attached hydrogen (secondary N) is 2. The Morgan fingerprint density at radius 1 is 1.31 bits per heavy atom. The molecule has 138 valence electrons. The standard InChI is InChI=1S/C19H25N5O2/c1-13-6-7-14(18-23-22-17-5-3-2-4-9-24(17)18)11-15(13)21-19(25)16-12-20-8-10-26-16/h6-7,11,16,20H,2-5,8-10,12H2,1H3,(H,21,25). The van der Waals surface area contributed by atoms with Crippen LogP contribution in [-0.2, 0) is 22.5 Å². The summed E-state index contributed by atoms with van der Waals surface area (Å²) < 4.78 is 7.76. The van der Waals surface area contributed by atoms with E-state index in [-0.39, 0.29) is 5.91 Å². The molecule has 0 bridgehead atoms. The normalized spacial score (nSPS) is 20.3. The predicted octanol–water partition coefficient (Wildman–Crippen LogP) is 1.91. The SMILES string of the molecule is Cc1ccc(-c2nnc3n2CCCCC3)cc1NC(=O)C1CNCCO1. The van der Waals surface area contributed by atoms with Gasteiger partial charge < -0.3 is 19.9 Å². The van der Waals surface area contributed by atoms with E-state index < -0.39 is 6.10 Å². The van der Waals surface area contributed by atoms with Crippen molar-refractivity contribution in [3.8, 4) is 11.4 Å². The number of fused-ring (bicyclic) bond motifs is 1. The molecule has 3 heterocycles. The van der Waals surface area contributed by atoms with Gasteiger partial charge in [0.25, 0.3) is 5.91 Å². The van der Waals surface area contributed by atoms with Gasteiger partial charge in [0.2, 0.25) is 0 Å². The number of hydrogen-bond acceptors (Lipinski definition) is 5. The number of carbonyl (C=O) groups is 1. The van der Waals surface area contributed by atoms with E-state index in [2.05, 4.69) is 25.4 Å². The summed E-state index contributed by atoms with van der Waals surface area (Å²) in [4.78, 5) is 12.5. The Labute approximate surface area is 153 Å². The lowest BCUT2D eigenvalue weighted by molar-refractivity contribution is -0.128. The minimum absolute atomic E-state index is 0.113. The molecule has 1 fully saturated rings. The van der Waals surface area contributed by atoms with Gasteiger partial charge in [-0.1, -0.05) is 18.6 Å². The number of ether oxygens (including phenoxy) is 1. The largest absolute Gasteiger partial charge is 0.366 e. The van der Waals surface area contributed by atoms with Crippen molar-refractivity contribution >= 4 is 11.6 Å². The second-order valence-electron chi connectivity index (χ2n) is 6.98. The van der Waals surface area contributed by atoms with E-state index in [1.807, 2.05) is 25.1 Å². The number of benzene rings is 1. The average molecular weight is 355 g/mol. The molecule has 0 spiro atoms. The van der Waals surface area contributed by atoms with E-state index in [0.717, 1.165) is 54.4 Å². The van der Waals surface area contributed by atoms with Crippen LogP contribution in [0.15, 0.2) is 18.2 Å². The summed E-state index contributed by atoms with van der Waals surface area (Å²) in [6.45, 7) is 4.83. The molecule has 0 aliphatic carbocycles. The summed E-state index contributed by atoms with van der Waals surface area (Å²) in [6, 6.07) is 6.06. The van der Waals surface area contributed by atoms with Crippen LogP contribution in [0.2, 0.25) is 0 Å². The molecule has 1 amide bonds. The average Bonchev–Trinajstić information content (AvgIpc) is 2.92. The number of aromatic nitrogens is 3. The smallest absolute Gasteiger partial charge is 0.254 e. The molecule has 0 saturated carbocycles. The molecule has 1 aromatic heterocycles. The molecule has 2 aliphatic rings. The summed E-state index contributed by atoms with van der Waals surface area (Å²) >= 11 is 0. The van der Waals surface area contributed by atoms with Crippen LogP contribution in [0.5, 0.6) is 0 Å². The fourth-order valence-corrected chi connectivity index (χ4v) is 3.54. The molecule has 4 rings (SSSR count). The minimum atomic E-state index is -0.448. The molecule has 2 N–H and O–H groups in total. The maximum atomic E-state index is 12.5. The van der Waals surface area contributed by atoms with E-state index in [4.69, 9.17) is 4.74 Å². The highest BCUT2D eigenvalue weighted by Gasteiger charge is 2.23. The number of nitrogens with zero attached hydrogens (tertiary/aromatic N) is 3. The van der Waals surface area contributed by atoms with Gasteiger partial charge >= 0.3 is 0 Å². The predicted molar refractivity (Wildman–Crippen MR) is 99.0 cm³/mol. The summed E-state index contributed by atoms with van der Waals surface area (Å²) in [7, 11) is 0. The number of rotatable bonds is 3.